The van der Waals surface area contributed by atoms with Gasteiger partial charge >= 0.3 is 0 Å². The number of fused-ring (bicyclic) bond motifs is 10. The van der Waals surface area contributed by atoms with Crippen molar-refractivity contribution in [1.29, 1.82) is 0 Å². The van der Waals surface area contributed by atoms with Gasteiger partial charge in [0.15, 0.2) is 0 Å². The third-order valence-corrected chi connectivity index (χ3v) is 13.1. The Morgan fingerprint density at radius 1 is 0.206 bits per heavy atom. The highest BCUT2D eigenvalue weighted by Gasteiger charge is 2.52. The van der Waals surface area contributed by atoms with Crippen molar-refractivity contribution in [3.05, 3.63) is 277 Å². The predicted molar refractivity (Wildman–Crippen MR) is 263 cm³/mol. The summed E-state index contributed by atoms with van der Waals surface area (Å²) < 4.78 is 0. The lowest BCUT2D eigenvalue weighted by Gasteiger charge is -2.33. The molecule has 12 rings (SSSR count). The van der Waals surface area contributed by atoms with E-state index in [0.29, 0.717) is 0 Å². The first-order chi connectivity index (χ1) is 31.3. The number of benzene rings is 10. The SMILES string of the molecule is c1ccc(-c2ccc(N(c3ccc(-c4ccccc4)cc3)c3ccc4c(c3)C3(c5ccccc5-c5ccccc53)c3cc(N(c5ccccc5)c5ccccc5)ccc3-4)cc2)cc1. The Labute approximate surface area is 369 Å². The minimum Gasteiger partial charge on any atom is -0.310 e. The van der Waals surface area contributed by atoms with Gasteiger partial charge in [0.2, 0.25) is 0 Å². The van der Waals surface area contributed by atoms with Crippen molar-refractivity contribution >= 4 is 34.1 Å². The summed E-state index contributed by atoms with van der Waals surface area (Å²) in [4.78, 5) is 4.81. The first-order valence-corrected chi connectivity index (χ1v) is 21.8. The van der Waals surface area contributed by atoms with Crippen LogP contribution in [0.1, 0.15) is 22.3 Å². The summed E-state index contributed by atoms with van der Waals surface area (Å²) in [6.45, 7) is 0. The summed E-state index contributed by atoms with van der Waals surface area (Å²) >= 11 is 0. The number of para-hydroxylation sites is 2. The quantitative estimate of drug-likeness (QED) is 0.151. The fourth-order valence-corrected chi connectivity index (χ4v) is 10.3. The molecular weight excluding hydrogens is 761 g/mol. The van der Waals surface area contributed by atoms with Crippen LogP contribution in [0.15, 0.2) is 255 Å². The van der Waals surface area contributed by atoms with E-state index >= 15 is 0 Å². The molecule has 0 radical (unpaired) electrons. The minimum atomic E-state index is -0.553. The molecular formula is C61H42N2. The van der Waals surface area contributed by atoms with Crippen LogP contribution in [0, 0.1) is 0 Å². The van der Waals surface area contributed by atoms with Gasteiger partial charge in [-0.15, -0.1) is 0 Å². The highest BCUT2D eigenvalue weighted by molar-refractivity contribution is 5.97. The zero-order valence-corrected chi connectivity index (χ0v) is 34.6. The highest BCUT2D eigenvalue weighted by atomic mass is 15.1. The summed E-state index contributed by atoms with van der Waals surface area (Å²) in [6, 6.07) is 93.2. The molecule has 0 aromatic heterocycles. The van der Waals surface area contributed by atoms with Crippen molar-refractivity contribution in [2.24, 2.45) is 0 Å². The summed E-state index contributed by atoms with van der Waals surface area (Å²) in [7, 11) is 0. The van der Waals surface area contributed by atoms with Crippen LogP contribution < -0.4 is 9.80 Å². The van der Waals surface area contributed by atoms with E-state index in [2.05, 4.69) is 265 Å². The molecule has 0 saturated heterocycles. The van der Waals surface area contributed by atoms with Crippen LogP contribution in [0.3, 0.4) is 0 Å². The molecule has 2 aliphatic carbocycles. The second-order valence-corrected chi connectivity index (χ2v) is 16.5. The lowest BCUT2D eigenvalue weighted by atomic mass is 9.70. The summed E-state index contributed by atoms with van der Waals surface area (Å²) in [6.07, 6.45) is 0. The van der Waals surface area contributed by atoms with Gasteiger partial charge in [0.25, 0.3) is 0 Å². The van der Waals surface area contributed by atoms with Crippen molar-refractivity contribution in [3.63, 3.8) is 0 Å². The fourth-order valence-electron chi connectivity index (χ4n) is 10.3. The number of hydrogen-bond acceptors (Lipinski definition) is 2. The summed E-state index contributed by atoms with van der Waals surface area (Å²) in [5.74, 6) is 0. The van der Waals surface area contributed by atoms with Crippen molar-refractivity contribution < 1.29 is 0 Å². The van der Waals surface area contributed by atoms with Crippen LogP contribution in [0.5, 0.6) is 0 Å². The van der Waals surface area contributed by atoms with E-state index in [9.17, 15) is 0 Å². The van der Waals surface area contributed by atoms with E-state index in [4.69, 9.17) is 0 Å². The first kappa shape index (κ1) is 36.6. The predicted octanol–water partition coefficient (Wildman–Crippen LogP) is 16.3. The zero-order chi connectivity index (χ0) is 41.7. The molecule has 0 saturated carbocycles. The maximum Gasteiger partial charge on any atom is 0.0727 e. The smallest absolute Gasteiger partial charge is 0.0727 e. The molecule has 0 unspecified atom stereocenters. The van der Waals surface area contributed by atoms with Crippen molar-refractivity contribution in [1.82, 2.24) is 0 Å². The molecule has 0 heterocycles. The van der Waals surface area contributed by atoms with Crippen LogP contribution in [0.2, 0.25) is 0 Å². The molecule has 2 aliphatic rings. The van der Waals surface area contributed by atoms with Crippen molar-refractivity contribution in [2.45, 2.75) is 5.41 Å². The topological polar surface area (TPSA) is 6.48 Å². The van der Waals surface area contributed by atoms with Gasteiger partial charge < -0.3 is 9.80 Å². The van der Waals surface area contributed by atoms with Gasteiger partial charge in [0.1, 0.15) is 0 Å². The van der Waals surface area contributed by atoms with Gasteiger partial charge in [-0.25, -0.2) is 0 Å². The number of rotatable bonds is 8. The third kappa shape index (κ3) is 5.95. The van der Waals surface area contributed by atoms with Crippen molar-refractivity contribution in [3.8, 4) is 44.5 Å². The van der Waals surface area contributed by atoms with E-state index < -0.39 is 5.41 Å². The maximum atomic E-state index is 2.48. The molecule has 10 aromatic rings. The maximum absolute atomic E-state index is 2.48. The van der Waals surface area contributed by atoms with E-state index in [0.717, 1.165) is 34.1 Å². The van der Waals surface area contributed by atoms with Gasteiger partial charge in [0.05, 0.1) is 5.41 Å². The molecule has 0 bridgehead atoms. The average molecular weight is 803 g/mol. The zero-order valence-electron chi connectivity index (χ0n) is 34.6. The highest BCUT2D eigenvalue weighted by Crippen LogP contribution is 2.64. The van der Waals surface area contributed by atoms with Gasteiger partial charge in [-0.3, -0.25) is 0 Å². The summed E-state index contributed by atoms with van der Waals surface area (Å²) in [5, 5.41) is 0. The molecule has 296 valence electrons. The molecule has 0 amide bonds. The van der Waals surface area contributed by atoms with Gasteiger partial charge in [-0.2, -0.15) is 0 Å². The monoisotopic (exact) mass is 802 g/mol. The Morgan fingerprint density at radius 2 is 0.492 bits per heavy atom. The Bertz CT molecular complexity index is 3080. The minimum absolute atomic E-state index is 0.553. The van der Waals surface area contributed by atoms with Crippen LogP contribution in [0.25, 0.3) is 44.5 Å². The molecule has 0 atom stereocenters. The summed E-state index contributed by atoms with van der Waals surface area (Å²) in [5.41, 5.74) is 21.2. The third-order valence-electron chi connectivity index (χ3n) is 13.1. The molecule has 10 aromatic carbocycles. The Morgan fingerprint density at radius 3 is 0.889 bits per heavy atom. The lowest BCUT2D eigenvalue weighted by Crippen LogP contribution is -2.26. The fraction of sp³-hybridized carbons (Fsp3) is 0.0164. The molecule has 0 aliphatic heterocycles. The Hall–Kier alpha value is -8.20. The molecule has 2 nitrogen and oxygen atoms in total. The molecule has 63 heavy (non-hydrogen) atoms. The molecule has 0 fully saturated rings. The second kappa shape index (κ2) is 15.1. The van der Waals surface area contributed by atoms with Crippen LogP contribution in [-0.2, 0) is 5.41 Å². The standard InChI is InChI=1S/C61H42N2/c1-5-17-43(18-6-1)45-29-33-49(34-30-45)63(50-35-31-46(32-36-50)44-19-7-2-8-20-44)52-38-40-56-55-39-37-51(62(47-21-9-3-10-22-47)48-23-11-4-12-24-48)41-59(55)61(60(56)42-52)57-27-15-13-25-53(57)54-26-14-16-28-58(54)61/h1-42H. The van der Waals surface area contributed by atoms with E-state index in [1.165, 1.54) is 66.8 Å². The number of anilines is 6. The normalized spacial score (nSPS) is 12.6. The molecule has 1 spiro atoms. The van der Waals surface area contributed by atoms with Crippen molar-refractivity contribution in [2.75, 3.05) is 9.80 Å². The largest absolute Gasteiger partial charge is 0.310 e. The van der Waals surface area contributed by atoms with Crippen LogP contribution in [0.4, 0.5) is 34.1 Å². The van der Waals surface area contributed by atoms with E-state index in [1.807, 2.05) is 0 Å². The van der Waals surface area contributed by atoms with Gasteiger partial charge in [-0.1, -0.05) is 182 Å². The second-order valence-electron chi connectivity index (χ2n) is 16.5. The lowest BCUT2D eigenvalue weighted by molar-refractivity contribution is 0.793. The molecule has 2 heteroatoms. The van der Waals surface area contributed by atoms with E-state index in [1.54, 1.807) is 0 Å². The van der Waals surface area contributed by atoms with Gasteiger partial charge in [-0.05, 0) is 140 Å². The first-order valence-electron chi connectivity index (χ1n) is 21.8. The van der Waals surface area contributed by atoms with Crippen LogP contribution >= 0.6 is 0 Å². The number of hydrogen-bond donors (Lipinski definition) is 0. The Balaban J connectivity index is 1.08. The molecule has 0 N–H and O–H groups in total. The van der Waals surface area contributed by atoms with Gasteiger partial charge in [0, 0.05) is 34.1 Å². The van der Waals surface area contributed by atoms with Crippen LogP contribution in [-0.4, -0.2) is 0 Å². The van der Waals surface area contributed by atoms with E-state index in [-0.39, 0.29) is 0 Å². The Kier molecular flexibility index (Phi) is 8.76. The average Bonchev–Trinajstić information content (AvgIpc) is 3.83. The number of nitrogens with zero attached hydrogens (tertiary/aromatic N) is 2.